The van der Waals surface area contributed by atoms with Crippen molar-refractivity contribution < 1.29 is 18.8 Å². The molecule has 1 aliphatic heterocycles. The van der Waals surface area contributed by atoms with Crippen LogP contribution in [0.3, 0.4) is 0 Å². The monoisotopic (exact) mass is 378 g/mol. The molecule has 0 spiro atoms. The number of carbonyl (C=O) groups is 1. The lowest BCUT2D eigenvalue weighted by Crippen LogP contribution is -2.23. The van der Waals surface area contributed by atoms with E-state index in [0.29, 0.717) is 28.5 Å². The minimum atomic E-state index is -0.145. The zero-order chi connectivity index (χ0) is 19.7. The number of hydrogen-bond donors (Lipinski definition) is 1. The molecule has 6 nitrogen and oxygen atoms in total. The van der Waals surface area contributed by atoms with Gasteiger partial charge in [-0.05, 0) is 41.3 Å². The van der Waals surface area contributed by atoms with Gasteiger partial charge in [-0.1, -0.05) is 38.1 Å². The van der Waals surface area contributed by atoms with Crippen LogP contribution in [0.5, 0.6) is 11.5 Å². The van der Waals surface area contributed by atoms with E-state index in [2.05, 4.69) is 31.2 Å². The number of ether oxygens (including phenoxy) is 2. The summed E-state index contributed by atoms with van der Waals surface area (Å²) in [4.78, 5) is 12.4. The Morgan fingerprint density at radius 1 is 1.04 bits per heavy atom. The number of nitrogens with one attached hydrogen (secondary N) is 1. The van der Waals surface area contributed by atoms with E-state index < -0.39 is 0 Å². The quantitative estimate of drug-likeness (QED) is 0.733. The van der Waals surface area contributed by atoms with Gasteiger partial charge >= 0.3 is 0 Å². The molecule has 3 aromatic rings. The zero-order valence-corrected chi connectivity index (χ0v) is 16.1. The first kappa shape index (κ1) is 18.1. The summed E-state index contributed by atoms with van der Waals surface area (Å²) in [6.07, 6.45) is 0. The molecule has 2 heterocycles. The van der Waals surface area contributed by atoms with Crippen LogP contribution in [-0.4, -0.2) is 17.9 Å². The molecule has 0 saturated carbocycles. The number of hydrogen-bond acceptors (Lipinski definition) is 5. The minimum Gasteiger partial charge on any atom is -0.454 e. The lowest BCUT2D eigenvalue weighted by Gasteiger charge is -2.19. The average molecular weight is 378 g/mol. The summed E-state index contributed by atoms with van der Waals surface area (Å²) < 4.78 is 16.1. The van der Waals surface area contributed by atoms with Gasteiger partial charge in [0.2, 0.25) is 6.79 Å². The standard InChI is InChI=1S/C22H22N2O4/c1-22(2,3)16-7-4-14(5-8-16)21(25)23-12-17-11-19(28-24-17)15-6-9-18-20(10-15)27-13-26-18/h4-11H,12-13H2,1-3H3,(H,23,25). The van der Waals surface area contributed by atoms with Gasteiger partial charge in [-0.2, -0.15) is 0 Å². The number of rotatable bonds is 4. The number of carbonyl (C=O) groups excluding carboxylic acids is 1. The Hall–Kier alpha value is -3.28. The van der Waals surface area contributed by atoms with E-state index >= 15 is 0 Å². The Morgan fingerprint density at radius 2 is 1.79 bits per heavy atom. The molecule has 0 radical (unpaired) electrons. The molecule has 2 aromatic carbocycles. The smallest absolute Gasteiger partial charge is 0.251 e. The molecule has 144 valence electrons. The predicted octanol–water partition coefficient (Wildman–Crippen LogP) is 4.30. The fourth-order valence-electron chi connectivity index (χ4n) is 2.98. The van der Waals surface area contributed by atoms with Gasteiger partial charge in [-0.3, -0.25) is 4.79 Å². The normalized spacial score (nSPS) is 12.8. The van der Waals surface area contributed by atoms with Crippen molar-refractivity contribution >= 4 is 5.91 Å². The second-order valence-corrected chi connectivity index (χ2v) is 7.76. The molecule has 0 fully saturated rings. The van der Waals surface area contributed by atoms with Gasteiger partial charge in [-0.15, -0.1) is 0 Å². The van der Waals surface area contributed by atoms with Crippen molar-refractivity contribution in [2.75, 3.05) is 6.79 Å². The minimum absolute atomic E-state index is 0.0564. The van der Waals surface area contributed by atoms with Crippen LogP contribution in [0.25, 0.3) is 11.3 Å². The van der Waals surface area contributed by atoms with E-state index in [1.165, 1.54) is 5.56 Å². The number of fused-ring (bicyclic) bond motifs is 1. The second-order valence-electron chi connectivity index (χ2n) is 7.76. The SMILES string of the molecule is CC(C)(C)c1ccc(C(=O)NCc2cc(-c3ccc4c(c3)OCO4)on2)cc1. The lowest BCUT2D eigenvalue weighted by molar-refractivity contribution is 0.0950. The maximum absolute atomic E-state index is 12.4. The van der Waals surface area contributed by atoms with Crippen LogP contribution in [0.1, 0.15) is 42.4 Å². The summed E-state index contributed by atoms with van der Waals surface area (Å²) in [5.74, 6) is 1.86. The fraction of sp³-hybridized carbons (Fsp3) is 0.273. The highest BCUT2D eigenvalue weighted by molar-refractivity contribution is 5.94. The van der Waals surface area contributed by atoms with Crippen LogP contribution in [0, 0.1) is 0 Å². The highest BCUT2D eigenvalue weighted by Gasteiger charge is 2.17. The first-order valence-electron chi connectivity index (χ1n) is 9.14. The molecule has 0 unspecified atom stereocenters. The van der Waals surface area contributed by atoms with Crippen LogP contribution >= 0.6 is 0 Å². The Bertz CT molecular complexity index is 1000. The van der Waals surface area contributed by atoms with E-state index in [9.17, 15) is 4.79 Å². The van der Waals surface area contributed by atoms with E-state index in [-0.39, 0.29) is 24.7 Å². The maximum atomic E-state index is 12.4. The molecule has 0 saturated heterocycles. The highest BCUT2D eigenvalue weighted by atomic mass is 16.7. The summed E-state index contributed by atoms with van der Waals surface area (Å²) in [6, 6.07) is 15.0. The van der Waals surface area contributed by atoms with Crippen molar-refractivity contribution in [3.8, 4) is 22.8 Å². The van der Waals surface area contributed by atoms with Gasteiger partial charge in [0.15, 0.2) is 17.3 Å². The summed E-state index contributed by atoms with van der Waals surface area (Å²) in [7, 11) is 0. The molecular formula is C22H22N2O4. The maximum Gasteiger partial charge on any atom is 0.251 e. The first-order valence-corrected chi connectivity index (χ1v) is 9.14. The predicted molar refractivity (Wildman–Crippen MR) is 104 cm³/mol. The fourth-order valence-corrected chi connectivity index (χ4v) is 2.98. The van der Waals surface area contributed by atoms with Crippen LogP contribution in [0.2, 0.25) is 0 Å². The third-order valence-electron chi connectivity index (χ3n) is 4.66. The molecule has 1 amide bonds. The second kappa shape index (κ2) is 7.03. The third kappa shape index (κ3) is 3.71. The topological polar surface area (TPSA) is 73.6 Å². The molecule has 1 aliphatic rings. The van der Waals surface area contributed by atoms with Gasteiger partial charge in [-0.25, -0.2) is 0 Å². The molecule has 0 bridgehead atoms. The summed E-state index contributed by atoms with van der Waals surface area (Å²) in [5.41, 5.74) is 3.35. The number of amides is 1. The van der Waals surface area contributed by atoms with Crippen molar-refractivity contribution in [2.24, 2.45) is 0 Å². The van der Waals surface area contributed by atoms with E-state index in [1.54, 1.807) is 6.07 Å². The van der Waals surface area contributed by atoms with Crippen LogP contribution in [0.15, 0.2) is 53.1 Å². The number of benzene rings is 2. The summed E-state index contributed by atoms with van der Waals surface area (Å²) in [5, 5.41) is 6.91. The van der Waals surface area contributed by atoms with Crippen molar-refractivity contribution in [2.45, 2.75) is 32.7 Å². The van der Waals surface area contributed by atoms with Crippen molar-refractivity contribution in [3.05, 3.63) is 65.4 Å². The molecular weight excluding hydrogens is 356 g/mol. The molecule has 0 atom stereocenters. The Morgan fingerprint density at radius 3 is 2.54 bits per heavy atom. The average Bonchev–Trinajstić information content (AvgIpc) is 3.34. The Balaban J connectivity index is 1.40. The van der Waals surface area contributed by atoms with E-state index in [4.69, 9.17) is 14.0 Å². The van der Waals surface area contributed by atoms with Crippen molar-refractivity contribution in [1.29, 1.82) is 0 Å². The molecule has 4 rings (SSSR count). The first-order chi connectivity index (χ1) is 13.4. The Kier molecular flexibility index (Phi) is 4.55. The molecule has 6 heteroatoms. The summed E-state index contributed by atoms with van der Waals surface area (Å²) >= 11 is 0. The Labute approximate surface area is 163 Å². The molecule has 0 aliphatic carbocycles. The largest absolute Gasteiger partial charge is 0.454 e. The number of nitrogens with zero attached hydrogens (tertiary/aromatic N) is 1. The van der Waals surface area contributed by atoms with Crippen molar-refractivity contribution in [3.63, 3.8) is 0 Å². The van der Waals surface area contributed by atoms with Crippen LogP contribution < -0.4 is 14.8 Å². The van der Waals surface area contributed by atoms with E-state index in [0.717, 1.165) is 5.56 Å². The molecule has 1 N–H and O–H groups in total. The molecule has 28 heavy (non-hydrogen) atoms. The third-order valence-corrected chi connectivity index (χ3v) is 4.66. The van der Waals surface area contributed by atoms with Crippen molar-refractivity contribution in [1.82, 2.24) is 10.5 Å². The molecule has 1 aromatic heterocycles. The summed E-state index contributed by atoms with van der Waals surface area (Å²) in [6.45, 7) is 6.94. The lowest BCUT2D eigenvalue weighted by atomic mass is 9.87. The van der Waals surface area contributed by atoms with E-state index in [1.807, 2.05) is 42.5 Å². The van der Waals surface area contributed by atoms with Gasteiger partial charge in [0.25, 0.3) is 5.91 Å². The zero-order valence-electron chi connectivity index (χ0n) is 16.1. The van der Waals surface area contributed by atoms with Gasteiger partial charge in [0, 0.05) is 17.2 Å². The van der Waals surface area contributed by atoms with Gasteiger partial charge in [0.05, 0.1) is 6.54 Å². The number of aromatic nitrogens is 1. The van der Waals surface area contributed by atoms with Gasteiger partial charge < -0.3 is 19.3 Å². The van der Waals surface area contributed by atoms with Crippen LogP contribution in [0.4, 0.5) is 0 Å². The highest BCUT2D eigenvalue weighted by Crippen LogP contribution is 2.36. The van der Waals surface area contributed by atoms with Crippen LogP contribution in [-0.2, 0) is 12.0 Å². The van der Waals surface area contributed by atoms with Gasteiger partial charge in [0.1, 0.15) is 5.69 Å².